The van der Waals surface area contributed by atoms with E-state index in [0.29, 0.717) is 27.1 Å². The SMILES string of the molecule is CC(=O)c1cn(CC(=O)N2C[C@H](F)C[C@H]2C(=O)Nc2cccc(-c3ccccc3Cl)c2F)c2c(-c3cn[nH]c3)cccc12. The molecule has 6 rings (SSSR count). The van der Waals surface area contributed by atoms with Crippen LogP contribution in [-0.4, -0.2) is 56.0 Å². The van der Waals surface area contributed by atoms with Crippen molar-refractivity contribution in [3.8, 4) is 22.3 Å². The second-order valence-corrected chi connectivity index (χ2v) is 10.9. The second-order valence-electron chi connectivity index (χ2n) is 10.4. The number of benzene rings is 3. The van der Waals surface area contributed by atoms with E-state index in [1.165, 1.54) is 17.9 Å². The summed E-state index contributed by atoms with van der Waals surface area (Å²) in [6.45, 7) is 0.914. The number of aromatic amines is 1. The number of halogens is 3. The van der Waals surface area contributed by atoms with Crippen molar-refractivity contribution in [2.45, 2.75) is 32.1 Å². The van der Waals surface area contributed by atoms with E-state index in [9.17, 15) is 18.8 Å². The first-order valence-corrected chi connectivity index (χ1v) is 14.0. The number of fused-ring (bicyclic) bond motifs is 1. The molecule has 0 radical (unpaired) electrons. The molecule has 0 saturated carbocycles. The third-order valence-corrected chi connectivity index (χ3v) is 8.02. The van der Waals surface area contributed by atoms with E-state index in [-0.39, 0.29) is 36.5 Å². The number of alkyl halides is 1. The summed E-state index contributed by atoms with van der Waals surface area (Å²) in [5.41, 5.74) is 3.12. The van der Waals surface area contributed by atoms with Gasteiger partial charge >= 0.3 is 0 Å². The Morgan fingerprint density at radius 1 is 1.05 bits per heavy atom. The van der Waals surface area contributed by atoms with E-state index in [2.05, 4.69) is 15.5 Å². The average Bonchev–Trinajstić information content (AvgIpc) is 3.74. The van der Waals surface area contributed by atoms with Gasteiger partial charge in [0.2, 0.25) is 11.8 Å². The number of H-pyrrole nitrogens is 1. The van der Waals surface area contributed by atoms with Crippen LogP contribution in [0.3, 0.4) is 0 Å². The molecular weight excluding hydrogens is 576 g/mol. The van der Waals surface area contributed by atoms with Crippen molar-refractivity contribution in [2.24, 2.45) is 0 Å². The summed E-state index contributed by atoms with van der Waals surface area (Å²) in [6, 6.07) is 15.6. The van der Waals surface area contributed by atoms with Gasteiger partial charge in [-0.3, -0.25) is 19.5 Å². The lowest BCUT2D eigenvalue weighted by molar-refractivity contribution is -0.137. The lowest BCUT2D eigenvalue weighted by Crippen LogP contribution is -2.44. The zero-order valence-electron chi connectivity index (χ0n) is 23.0. The number of aromatic nitrogens is 3. The minimum atomic E-state index is -1.44. The van der Waals surface area contributed by atoms with Crippen LogP contribution in [0.15, 0.2) is 79.3 Å². The normalized spacial score (nSPS) is 16.5. The minimum Gasteiger partial charge on any atom is -0.337 e. The predicted octanol–water partition coefficient (Wildman–Crippen LogP) is 6.27. The van der Waals surface area contributed by atoms with Crippen molar-refractivity contribution in [2.75, 3.05) is 11.9 Å². The van der Waals surface area contributed by atoms with Crippen LogP contribution in [0.4, 0.5) is 14.5 Å². The summed E-state index contributed by atoms with van der Waals surface area (Å²) in [6.07, 6.45) is 3.28. The van der Waals surface area contributed by atoms with E-state index in [1.54, 1.807) is 65.6 Å². The van der Waals surface area contributed by atoms with Crippen molar-refractivity contribution in [1.29, 1.82) is 0 Å². The smallest absolute Gasteiger partial charge is 0.247 e. The maximum Gasteiger partial charge on any atom is 0.247 e. The number of nitrogens with one attached hydrogen (secondary N) is 2. The van der Waals surface area contributed by atoms with Gasteiger partial charge in [-0.1, -0.05) is 60.1 Å². The van der Waals surface area contributed by atoms with Gasteiger partial charge in [0.05, 0.1) is 23.9 Å². The van der Waals surface area contributed by atoms with E-state index in [4.69, 9.17) is 11.6 Å². The molecule has 43 heavy (non-hydrogen) atoms. The van der Waals surface area contributed by atoms with Crippen molar-refractivity contribution in [1.82, 2.24) is 19.7 Å². The Morgan fingerprint density at radius 3 is 2.53 bits per heavy atom. The Bertz CT molecular complexity index is 1870. The number of rotatable bonds is 7. The number of carbonyl (C=O) groups excluding carboxylic acids is 3. The Kier molecular flexibility index (Phi) is 7.53. The first-order chi connectivity index (χ1) is 20.7. The number of nitrogens with zero attached hydrogens (tertiary/aromatic N) is 3. The molecule has 3 aromatic carbocycles. The molecule has 3 heterocycles. The first-order valence-electron chi connectivity index (χ1n) is 13.6. The molecule has 0 unspecified atom stereocenters. The van der Waals surface area contributed by atoms with Gasteiger partial charge in [0.15, 0.2) is 11.6 Å². The molecule has 2 N–H and O–H groups in total. The van der Waals surface area contributed by atoms with Crippen molar-refractivity contribution in [3.63, 3.8) is 0 Å². The monoisotopic (exact) mass is 601 g/mol. The largest absolute Gasteiger partial charge is 0.337 e. The van der Waals surface area contributed by atoms with Crippen LogP contribution in [0, 0.1) is 5.82 Å². The molecule has 0 bridgehead atoms. The highest BCUT2D eigenvalue weighted by molar-refractivity contribution is 6.33. The highest BCUT2D eigenvalue weighted by atomic mass is 35.5. The molecule has 218 valence electrons. The van der Waals surface area contributed by atoms with Gasteiger partial charge in [-0.05, 0) is 19.1 Å². The molecule has 2 atom stereocenters. The van der Waals surface area contributed by atoms with Crippen molar-refractivity contribution in [3.05, 3.63) is 95.7 Å². The molecule has 1 aliphatic heterocycles. The topological polar surface area (TPSA) is 100 Å². The van der Waals surface area contributed by atoms with E-state index in [1.807, 2.05) is 12.1 Å². The Hall–Kier alpha value is -4.83. The van der Waals surface area contributed by atoms with Gasteiger partial charge in [0.25, 0.3) is 0 Å². The maximum atomic E-state index is 15.5. The minimum absolute atomic E-state index is 0.107. The molecule has 2 aromatic heterocycles. The van der Waals surface area contributed by atoms with Crippen LogP contribution in [0.2, 0.25) is 5.02 Å². The van der Waals surface area contributed by atoms with Crippen molar-refractivity contribution < 1.29 is 23.2 Å². The molecule has 1 saturated heterocycles. The molecule has 2 amide bonds. The highest BCUT2D eigenvalue weighted by Crippen LogP contribution is 2.34. The van der Waals surface area contributed by atoms with Gasteiger partial charge < -0.3 is 14.8 Å². The summed E-state index contributed by atoms with van der Waals surface area (Å²) in [5, 5.41) is 10.3. The van der Waals surface area contributed by atoms with Gasteiger partial charge in [-0.2, -0.15) is 5.10 Å². The quantitative estimate of drug-likeness (QED) is 0.215. The zero-order valence-corrected chi connectivity index (χ0v) is 23.7. The number of anilines is 1. The molecule has 5 aromatic rings. The molecule has 0 spiro atoms. The lowest BCUT2D eigenvalue weighted by atomic mass is 10.0. The fourth-order valence-corrected chi connectivity index (χ4v) is 5.91. The fraction of sp³-hybridized carbons (Fsp3) is 0.188. The molecule has 11 heteroatoms. The molecule has 8 nitrogen and oxygen atoms in total. The number of likely N-dealkylation sites (tertiary alicyclic amines) is 1. The summed E-state index contributed by atoms with van der Waals surface area (Å²) < 4.78 is 31.9. The van der Waals surface area contributed by atoms with E-state index < -0.39 is 29.8 Å². The number of Topliss-reactive ketones (excluding diaryl/α,β-unsaturated/α-hetero) is 1. The number of ketones is 1. The fourth-order valence-electron chi connectivity index (χ4n) is 5.67. The third-order valence-electron chi connectivity index (χ3n) is 7.69. The zero-order chi connectivity index (χ0) is 30.2. The second kappa shape index (κ2) is 11.4. The van der Waals surface area contributed by atoms with Crippen LogP contribution in [0.5, 0.6) is 0 Å². The van der Waals surface area contributed by atoms with Gasteiger partial charge in [0, 0.05) is 57.0 Å². The van der Waals surface area contributed by atoms with Gasteiger partial charge in [-0.25, -0.2) is 8.78 Å². The van der Waals surface area contributed by atoms with Crippen LogP contribution in [0.1, 0.15) is 23.7 Å². The van der Waals surface area contributed by atoms with Crippen LogP contribution in [-0.2, 0) is 16.1 Å². The van der Waals surface area contributed by atoms with Gasteiger partial charge in [-0.15, -0.1) is 0 Å². The lowest BCUT2D eigenvalue weighted by Gasteiger charge is -2.24. The van der Waals surface area contributed by atoms with Gasteiger partial charge in [0.1, 0.15) is 18.8 Å². The maximum absolute atomic E-state index is 15.5. The Morgan fingerprint density at radius 2 is 1.79 bits per heavy atom. The molecular formula is C32H26ClF2N5O3. The molecule has 0 aliphatic carbocycles. The molecule has 1 aliphatic rings. The standard InChI is InChI=1S/C32H26ClF2N5O3/c1-18(41)25-16-39(31-21(7-4-9-24(25)31)19-13-36-37-14-19)17-29(42)40-15-20(34)12-28(40)32(43)38-27-11-5-8-23(30(27)35)22-6-2-3-10-26(22)33/h2-11,13-14,16,20,28H,12,15,17H2,1H3,(H,36,37)(H,38,43)/t20-,28+/m1/s1. The number of amides is 2. The number of hydrogen-bond donors (Lipinski definition) is 2. The van der Waals surface area contributed by atoms with Crippen LogP contribution >= 0.6 is 11.6 Å². The van der Waals surface area contributed by atoms with Crippen molar-refractivity contribution >= 4 is 45.8 Å². The molecule has 1 fully saturated rings. The summed E-state index contributed by atoms with van der Waals surface area (Å²) in [4.78, 5) is 40.7. The van der Waals surface area contributed by atoms with E-state index >= 15 is 4.39 Å². The number of carbonyl (C=O) groups is 3. The highest BCUT2D eigenvalue weighted by Gasteiger charge is 2.40. The third kappa shape index (κ3) is 5.30. The number of para-hydroxylation sites is 1. The van der Waals surface area contributed by atoms with E-state index in [0.717, 1.165) is 11.1 Å². The first kappa shape index (κ1) is 28.3. The van der Waals surface area contributed by atoms with Crippen LogP contribution in [0.25, 0.3) is 33.2 Å². The Labute approximate surface area is 250 Å². The summed E-state index contributed by atoms with van der Waals surface area (Å²) >= 11 is 6.26. The average molecular weight is 602 g/mol. The number of hydrogen-bond acceptors (Lipinski definition) is 4. The predicted molar refractivity (Wildman–Crippen MR) is 160 cm³/mol. The summed E-state index contributed by atoms with van der Waals surface area (Å²) in [5.74, 6) is -2.09. The Balaban J connectivity index is 1.28. The summed E-state index contributed by atoms with van der Waals surface area (Å²) in [7, 11) is 0. The van der Waals surface area contributed by atoms with Crippen LogP contribution < -0.4 is 5.32 Å².